The van der Waals surface area contributed by atoms with Crippen LogP contribution in [-0.2, 0) is 0 Å². The minimum absolute atomic E-state index is 0. The van der Waals surface area contributed by atoms with Crippen LogP contribution in [0.3, 0.4) is 0 Å². The van der Waals surface area contributed by atoms with Gasteiger partial charge >= 0.3 is 0 Å². The Bertz CT molecular complexity index is 1200. The van der Waals surface area contributed by atoms with E-state index >= 15 is 0 Å². The van der Waals surface area contributed by atoms with Crippen LogP contribution in [0.4, 0.5) is 4.39 Å². The number of imidazole rings is 1. The number of aromatic nitrogens is 5. The maximum Gasteiger partial charge on any atom is 0.158 e. The van der Waals surface area contributed by atoms with Crippen LogP contribution in [-0.4, -0.2) is 37.7 Å². The van der Waals surface area contributed by atoms with Crippen LogP contribution in [0.5, 0.6) is 0 Å². The summed E-state index contributed by atoms with van der Waals surface area (Å²) in [5, 5.41) is 12.6. The van der Waals surface area contributed by atoms with Gasteiger partial charge in [0.2, 0.25) is 0 Å². The fraction of sp³-hybridized carbons (Fsp3) is 0.333. The second-order valence-electron chi connectivity index (χ2n) is 7.51. The van der Waals surface area contributed by atoms with Crippen LogP contribution in [0.2, 0.25) is 0 Å². The SMILES string of the molecule is Cc1cn2cc(-c3cc(F)c4cc(C5CCNCC5)nnc4c3)nc2c(C)n1.Cl. The van der Waals surface area contributed by atoms with Crippen molar-refractivity contribution in [3.05, 3.63) is 53.5 Å². The third kappa shape index (κ3) is 3.56. The Hall–Kier alpha value is -2.64. The molecule has 1 fully saturated rings. The van der Waals surface area contributed by atoms with E-state index in [4.69, 9.17) is 0 Å². The monoisotopic (exact) mass is 412 g/mol. The van der Waals surface area contributed by atoms with E-state index in [0.717, 1.165) is 48.7 Å². The van der Waals surface area contributed by atoms with Gasteiger partial charge in [0.1, 0.15) is 5.82 Å². The third-order valence-electron chi connectivity index (χ3n) is 5.45. The minimum Gasteiger partial charge on any atom is -0.317 e. The second kappa shape index (κ2) is 7.65. The van der Waals surface area contributed by atoms with E-state index in [1.54, 1.807) is 0 Å². The third-order valence-corrected chi connectivity index (χ3v) is 5.45. The van der Waals surface area contributed by atoms with Crippen molar-refractivity contribution in [1.29, 1.82) is 0 Å². The molecule has 1 aliphatic heterocycles. The molecule has 6 nitrogen and oxygen atoms in total. The molecular weight excluding hydrogens is 391 g/mol. The van der Waals surface area contributed by atoms with Crippen molar-refractivity contribution in [3.63, 3.8) is 0 Å². The molecule has 0 unspecified atom stereocenters. The molecule has 1 saturated heterocycles. The highest BCUT2D eigenvalue weighted by Gasteiger charge is 2.19. The highest BCUT2D eigenvalue weighted by molar-refractivity contribution is 5.85. The summed E-state index contributed by atoms with van der Waals surface area (Å²) in [5.74, 6) is 0.0510. The number of benzene rings is 1. The molecule has 0 radical (unpaired) electrons. The summed E-state index contributed by atoms with van der Waals surface area (Å²) in [6.45, 7) is 5.80. The van der Waals surface area contributed by atoms with Crippen molar-refractivity contribution in [2.24, 2.45) is 0 Å². The van der Waals surface area contributed by atoms with Gasteiger partial charge in [0.15, 0.2) is 5.65 Å². The van der Waals surface area contributed by atoms with Gasteiger partial charge < -0.3 is 9.72 Å². The topological polar surface area (TPSA) is 68.0 Å². The van der Waals surface area contributed by atoms with Gasteiger partial charge in [-0.3, -0.25) is 4.98 Å². The van der Waals surface area contributed by atoms with E-state index in [2.05, 4.69) is 25.5 Å². The van der Waals surface area contributed by atoms with Gasteiger partial charge in [0, 0.05) is 29.3 Å². The van der Waals surface area contributed by atoms with Crippen molar-refractivity contribution in [2.75, 3.05) is 13.1 Å². The molecule has 29 heavy (non-hydrogen) atoms. The number of hydrogen-bond acceptors (Lipinski definition) is 5. The molecule has 3 aromatic heterocycles. The summed E-state index contributed by atoms with van der Waals surface area (Å²) in [4.78, 5) is 9.09. The molecule has 1 N–H and O–H groups in total. The summed E-state index contributed by atoms with van der Waals surface area (Å²) < 4.78 is 16.9. The van der Waals surface area contributed by atoms with Gasteiger partial charge in [-0.05, 0) is 58.0 Å². The molecule has 0 amide bonds. The lowest BCUT2D eigenvalue weighted by molar-refractivity contribution is 0.451. The molecule has 1 aromatic carbocycles. The van der Waals surface area contributed by atoms with E-state index in [-0.39, 0.29) is 18.2 Å². The zero-order chi connectivity index (χ0) is 19.3. The van der Waals surface area contributed by atoms with Crippen molar-refractivity contribution in [3.8, 4) is 11.3 Å². The minimum atomic E-state index is -0.291. The first-order chi connectivity index (χ1) is 13.6. The highest BCUT2D eigenvalue weighted by Crippen LogP contribution is 2.29. The zero-order valence-corrected chi connectivity index (χ0v) is 17.1. The first-order valence-corrected chi connectivity index (χ1v) is 9.59. The normalized spacial score (nSPS) is 15.0. The van der Waals surface area contributed by atoms with Crippen LogP contribution in [0, 0.1) is 19.7 Å². The average Bonchev–Trinajstić information content (AvgIpc) is 3.13. The number of halogens is 2. The Morgan fingerprint density at radius 1 is 1.03 bits per heavy atom. The molecule has 5 rings (SSSR count). The van der Waals surface area contributed by atoms with E-state index in [0.29, 0.717) is 28.1 Å². The largest absolute Gasteiger partial charge is 0.317 e. The second-order valence-corrected chi connectivity index (χ2v) is 7.51. The zero-order valence-electron chi connectivity index (χ0n) is 16.3. The van der Waals surface area contributed by atoms with Crippen LogP contribution in [0.15, 0.2) is 30.6 Å². The Labute approximate surface area is 174 Å². The maximum absolute atomic E-state index is 15.0. The van der Waals surface area contributed by atoms with Crippen LogP contribution in [0.1, 0.15) is 35.8 Å². The molecule has 0 saturated carbocycles. The van der Waals surface area contributed by atoms with Crippen LogP contribution >= 0.6 is 12.4 Å². The molecule has 150 valence electrons. The number of nitrogens with one attached hydrogen (secondary N) is 1. The number of aryl methyl sites for hydroxylation is 2. The van der Waals surface area contributed by atoms with Gasteiger partial charge in [-0.2, -0.15) is 10.2 Å². The molecular formula is C21H22ClFN6. The molecule has 4 aromatic rings. The van der Waals surface area contributed by atoms with Gasteiger partial charge in [-0.25, -0.2) is 9.37 Å². The number of rotatable bonds is 2. The van der Waals surface area contributed by atoms with Crippen molar-refractivity contribution >= 4 is 29.0 Å². The van der Waals surface area contributed by atoms with Crippen LogP contribution in [0.25, 0.3) is 27.8 Å². The lowest BCUT2D eigenvalue weighted by atomic mass is 9.93. The summed E-state index contributed by atoms with van der Waals surface area (Å²) in [7, 11) is 0. The predicted molar refractivity (Wildman–Crippen MR) is 113 cm³/mol. The quantitative estimate of drug-likeness (QED) is 0.539. The fourth-order valence-corrected chi connectivity index (χ4v) is 4.03. The number of fused-ring (bicyclic) bond motifs is 2. The maximum atomic E-state index is 15.0. The lowest BCUT2D eigenvalue weighted by Gasteiger charge is -2.21. The number of nitrogens with zero attached hydrogens (tertiary/aromatic N) is 5. The fourth-order valence-electron chi connectivity index (χ4n) is 4.03. The van der Waals surface area contributed by atoms with Gasteiger partial charge in [-0.15, -0.1) is 12.4 Å². The molecule has 1 aliphatic rings. The summed E-state index contributed by atoms with van der Waals surface area (Å²) in [5.41, 5.74) is 5.35. The molecule has 0 atom stereocenters. The van der Waals surface area contributed by atoms with Gasteiger partial charge in [-0.1, -0.05) is 0 Å². The molecule has 0 spiro atoms. The summed E-state index contributed by atoms with van der Waals surface area (Å²) >= 11 is 0. The first kappa shape index (κ1) is 19.7. The standard InChI is InChI=1S/C21H21FN6.ClH/c1-12-10-28-11-20(25-21(28)13(2)24-12)15-7-17(22)16-9-18(26-27-19(16)8-15)14-3-5-23-6-4-14;/h7-11,14,23H,3-6H2,1-2H3;1H. The summed E-state index contributed by atoms with van der Waals surface area (Å²) in [6, 6.07) is 5.25. The van der Waals surface area contributed by atoms with E-state index < -0.39 is 0 Å². The highest BCUT2D eigenvalue weighted by atomic mass is 35.5. The molecule has 0 bridgehead atoms. The van der Waals surface area contributed by atoms with E-state index in [9.17, 15) is 4.39 Å². The average molecular weight is 413 g/mol. The Morgan fingerprint density at radius 2 is 1.83 bits per heavy atom. The predicted octanol–water partition coefficient (Wildman–Crippen LogP) is 3.98. The Balaban J connectivity index is 0.00000205. The number of hydrogen-bond donors (Lipinski definition) is 1. The Morgan fingerprint density at radius 3 is 2.62 bits per heavy atom. The smallest absolute Gasteiger partial charge is 0.158 e. The Kier molecular flexibility index (Phi) is 5.19. The van der Waals surface area contributed by atoms with E-state index in [1.165, 1.54) is 6.07 Å². The van der Waals surface area contributed by atoms with Crippen molar-refractivity contribution in [1.82, 2.24) is 29.9 Å². The summed E-state index contributed by atoms with van der Waals surface area (Å²) in [6.07, 6.45) is 5.83. The number of piperidine rings is 1. The van der Waals surface area contributed by atoms with Gasteiger partial charge in [0.05, 0.1) is 28.3 Å². The van der Waals surface area contributed by atoms with Gasteiger partial charge in [0.25, 0.3) is 0 Å². The molecule has 8 heteroatoms. The van der Waals surface area contributed by atoms with Crippen molar-refractivity contribution in [2.45, 2.75) is 32.6 Å². The lowest BCUT2D eigenvalue weighted by Crippen LogP contribution is -2.27. The molecule has 0 aliphatic carbocycles. The molecule has 4 heterocycles. The first-order valence-electron chi connectivity index (χ1n) is 9.59. The van der Waals surface area contributed by atoms with Crippen LogP contribution < -0.4 is 5.32 Å². The van der Waals surface area contributed by atoms with E-state index in [1.807, 2.05) is 42.8 Å². The van der Waals surface area contributed by atoms with Crippen molar-refractivity contribution < 1.29 is 4.39 Å².